The molecule has 0 aromatic heterocycles. The first-order chi connectivity index (χ1) is 18.4. The molecule has 1 aliphatic carbocycles. The Bertz CT molecular complexity index is 898. The Morgan fingerprint density at radius 3 is 2.32 bits per heavy atom. The van der Waals surface area contributed by atoms with E-state index in [1.54, 1.807) is 11.1 Å². The number of unbranched alkanes of at least 4 members (excludes halogenated alkanes) is 3. The lowest BCUT2D eigenvalue weighted by Crippen LogP contribution is -2.28. The lowest BCUT2D eigenvalue weighted by atomic mass is 9.89. The van der Waals surface area contributed by atoms with Gasteiger partial charge in [-0.05, 0) is 138 Å². The molecule has 38 heavy (non-hydrogen) atoms. The molecule has 0 bridgehead atoms. The van der Waals surface area contributed by atoms with E-state index in [4.69, 9.17) is 0 Å². The van der Waals surface area contributed by atoms with Crippen LogP contribution >= 0.6 is 0 Å². The fourth-order valence-corrected chi connectivity index (χ4v) is 5.13. The molecule has 0 saturated carbocycles. The predicted molar refractivity (Wildman–Crippen MR) is 170 cm³/mol. The van der Waals surface area contributed by atoms with Crippen molar-refractivity contribution in [2.75, 3.05) is 27.2 Å². The molecule has 0 spiro atoms. The highest BCUT2D eigenvalue weighted by atomic mass is 15.1. The maximum Gasteiger partial charge on any atom is 0.00761 e. The summed E-state index contributed by atoms with van der Waals surface area (Å²) in [5.74, 6) is 0.978. The minimum absolute atomic E-state index is 0.576. The Hall–Kier alpha value is -2.16. The standard InChI is InChI=1S/C15H20.C14H21N.C7H15N/c1-3-4-5-6-8-11-14(2)15-12-9-7-10-13-15;1-11(15-2)9-12-7-8-13-5-3-4-6-14(13)10-12;1-7-3-5-8(2)6-4-7/h3,7,9-10,12-13H,1-2,4-6,8,11H2;7-8,10-11,15H,3-6,9H2,1-2H3;7H,3-6H2,1-2H3. The third-order valence-electron chi connectivity index (χ3n) is 8.02. The van der Waals surface area contributed by atoms with Gasteiger partial charge in [0.1, 0.15) is 0 Å². The van der Waals surface area contributed by atoms with E-state index in [1.165, 1.54) is 87.6 Å². The van der Waals surface area contributed by atoms with Crippen LogP contribution in [0.2, 0.25) is 0 Å². The summed E-state index contributed by atoms with van der Waals surface area (Å²) in [7, 11) is 4.23. The topological polar surface area (TPSA) is 15.3 Å². The highest BCUT2D eigenvalue weighted by Gasteiger charge is 2.11. The first-order valence-electron chi connectivity index (χ1n) is 15.2. The number of piperidine rings is 1. The smallest absolute Gasteiger partial charge is 0.00761 e. The number of nitrogens with one attached hydrogen (secondary N) is 1. The molecule has 0 radical (unpaired) electrons. The summed E-state index contributed by atoms with van der Waals surface area (Å²) in [6, 6.07) is 18.1. The minimum atomic E-state index is 0.576. The van der Waals surface area contributed by atoms with Crippen molar-refractivity contribution in [3.63, 3.8) is 0 Å². The molecule has 2 heteroatoms. The van der Waals surface area contributed by atoms with Crippen molar-refractivity contribution in [3.8, 4) is 0 Å². The van der Waals surface area contributed by atoms with Gasteiger partial charge < -0.3 is 10.2 Å². The fraction of sp³-hybridized carbons (Fsp3) is 0.556. The molecule has 1 unspecified atom stereocenters. The highest BCUT2D eigenvalue weighted by molar-refractivity contribution is 5.62. The molecule has 1 heterocycles. The van der Waals surface area contributed by atoms with E-state index < -0.39 is 0 Å². The maximum absolute atomic E-state index is 4.12. The zero-order valence-corrected chi connectivity index (χ0v) is 25.1. The van der Waals surface area contributed by atoms with Gasteiger partial charge in [0.2, 0.25) is 0 Å². The molecule has 1 saturated heterocycles. The number of likely N-dealkylation sites (N-methyl/N-ethyl adjacent to an activating group) is 1. The average Bonchev–Trinajstić information content (AvgIpc) is 2.95. The number of hydrogen-bond acceptors (Lipinski definition) is 2. The first-order valence-corrected chi connectivity index (χ1v) is 15.2. The summed E-state index contributed by atoms with van der Waals surface area (Å²) >= 11 is 0. The second kappa shape index (κ2) is 19.0. The largest absolute Gasteiger partial charge is 0.317 e. The van der Waals surface area contributed by atoms with E-state index in [0.29, 0.717) is 6.04 Å². The van der Waals surface area contributed by atoms with Crippen molar-refractivity contribution in [2.45, 2.75) is 96.9 Å². The zero-order chi connectivity index (χ0) is 27.6. The fourth-order valence-electron chi connectivity index (χ4n) is 5.13. The van der Waals surface area contributed by atoms with E-state index >= 15 is 0 Å². The zero-order valence-electron chi connectivity index (χ0n) is 25.1. The third-order valence-corrected chi connectivity index (χ3v) is 8.02. The molecular formula is C36H56N2. The summed E-state index contributed by atoms with van der Waals surface area (Å²) in [4.78, 5) is 2.40. The van der Waals surface area contributed by atoms with Gasteiger partial charge in [-0.1, -0.05) is 74.5 Å². The van der Waals surface area contributed by atoms with Crippen LogP contribution < -0.4 is 5.32 Å². The molecule has 2 nitrogen and oxygen atoms in total. The molecular weight excluding hydrogens is 460 g/mol. The Labute approximate surface area is 235 Å². The molecule has 2 aliphatic rings. The number of fused-ring (bicyclic) bond motifs is 1. The van der Waals surface area contributed by atoms with Crippen LogP contribution in [-0.2, 0) is 19.3 Å². The second-order valence-electron chi connectivity index (χ2n) is 11.5. The number of rotatable bonds is 10. The van der Waals surface area contributed by atoms with Crippen LogP contribution in [0.4, 0.5) is 0 Å². The van der Waals surface area contributed by atoms with Gasteiger partial charge in [-0.3, -0.25) is 0 Å². The number of nitrogens with zero attached hydrogens (tertiary/aromatic N) is 1. The lowest BCUT2D eigenvalue weighted by molar-refractivity contribution is 0.230. The summed E-state index contributed by atoms with van der Waals surface area (Å²) in [6.45, 7) is 15.0. The van der Waals surface area contributed by atoms with Gasteiger partial charge in [0.15, 0.2) is 0 Å². The first kappa shape index (κ1) is 32.1. The summed E-state index contributed by atoms with van der Waals surface area (Å²) in [5.41, 5.74) is 7.21. The van der Waals surface area contributed by atoms with Crippen molar-refractivity contribution < 1.29 is 0 Å². The second-order valence-corrected chi connectivity index (χ2v) is 11.5. The van der Waals surface area contributed by atoms with Gasteiger partial charge >= 0.3 is 0 Å². The van der Waals surface area contributed by atoms with E-state index in [0.717, 1.165) is 25.2 Å². The van der Waals surface area contributed by atoms with Crippen LogP contribution in [0.25, 0.3) is 5.57 Å². The molecule has 1 aliphatic heterocycles. The van der Waals surface area contributed by atoms with Crippen molar-refractivity contribution >= 4 is 5.57 Å². The molecule has 2 aromatic rings. The van der Waals surface area contributed by atoms with Crippen LogP contribution in [0.15, 0.2) is 67.8 Å². The van der Waals surface area contributed by atoms with E-state index in [9.17, 15) is 0 Å². The Morgan fingerprint density at radius 2 is 1.68 bits per heavy atom. The van der Waals surface area contributed by atoms with E-state index in [1.807, 2.05) is 19.2 Å². The van der Waals surface area contributed by atoms with Crippen LogP contribution in [0.1, 0.15) is 93.9 Å². The molecule has 2 aromatic carbocycles. The Morgan fingerprint density at radius 1 is 1.00 bits per heavy atom. The van der Waals surface area contributed by atoms with Gasteiger partial charge in [0.25, 0.3) is 0 Å². The van der Waals surface area contributed by atoms with Gasteiger partial charge in [0, 0.05) is 6.04 Å². The van der Waals surface area contributed by atoms with E-state index in [2.05, 4.69) is 86.7 Å². The molecule has 4 rings (SSSR count). The molecule has 1 fully saturated rings. The number of hydrogen-bond donors (Lipinski definition) is 1. The van der Waals surface area contributed by atoms with Crippen molar-refractivity contribution in [1.29, 1.82) is 0 Å². The molecule has 1 N–H and O–H groups in total. The maximum atomic E-state index is 4.12. The number of benzene rings is 2. The van der Waals surface area contributed by atoms with Crippen LogP contribution in [0, 0.1) is 5.92 Å². The van der Waals surface area contributed by atoms with Crippen molar-refractivity contribution in [2.24, 2.45) is 5.92 Å². The van der Waals surface area contributed by atoms with Gasteiger partial charge in [-0.15, -0.1) is 6.58 Å². The Balaban J connectivity index is 0.000000210. The van der Waals surface area contributed by atoms with E-state index in [-0.39, 0.29) is 0 Å². The van der Waals surface area contributed by atoms with Crippen molar-refractivity contribution in [3.05, 3.63) is 90.0 Å². The monoisotopic (exact) mass is 516 g/mol. The highest BCUT2D eigenvalue weighted by Crippen LogP contribution is 2.23. The summed E-state index contributed by atoms with van der Waals surface area (Å²) < 4.78 is 0. The number of likely N-dealkylation sites (tertiary alicyclic amines) is 1. The summed E-state index contributed by atoms with van der Waals surface area (Å²) in [5, 5.41) is 3.29. The average molecular weight is 517 g/mol. The predicted octanol–water partition coefficient (Wildman–Crippen LogP) is 8.90. The minimum Gasteiger partial charge on any atom is -0.317 e. The van der Waals surface area contributed by atoms with Crippen LogP contribution in [0.3, 0.4) is 0 Å². The summed E-state index contributed by atoms with van der Waals surface area (Å²) in [6.07, 6.45) is 17.3. The molecule has 210 valence electrons. The quantitative estimate of drug-likeness (QED) is 0.250. The van der Waals surface area contributed by atoms with Crippen LogP contribution in [-0.4, -0.2) is 38.1 Å². The van der Waals surface area contributed by atoms with Gasteiger partial charge in [-0.25, -0.2) is 0 Å². The van der Waals surface area contributed by atoms with Crippen molar-refractivity contribution in [1.82, 2.24) is 10.2 Å². The lowest BCUT2D eigenvalue weighted by Gasteiger charge is -2.26. The van der Waals surface area contributed by atoms with Gasteiger partial charge in [-0.2, -0.15) is 0 Å². The molecule has 0 amide bonds. The Kier molecular flexibility index (Phi) is 16.0. The van der Waals surface area contributed by atoms with Crippen LogP contribution in [0.5, 0.6) is 0 Å². The third kappa shape index (κ3) is 13.1. The van der Waals surface area contributed by atoms with Gasteiger partial charge in [0.05, 0.1) is 0 Å². The molecule has 1 atom stereocenters. The number of aryl methyl sites for hydroxylation is 2. The SMILES string of the molecule is C=CCCCCCC(=C)c1ccccc1.CC1CCN(C)CC1.CNC(C)Cc1ccc2c(c1)CCCC2. The normalized spacial score (nSPS) is 16.2. The number of allylic oxidation sites excluding steroid dienone is 2.